The molecule has 94 valence electrons. The van der Waals surface area contributed by atoms with Crippen LogP contribution in [0.3, 0.4) is 0 Å². The monoisotopic (exact) mass is 234 g/mol. The highest BCUT2D eigenvalue weighted by molar-refractivity contribution is 5.63. The van der Waals surface area contributed by atoms with E-state index in [1.54, 1.807) is 7.11 Å². The summed E-state index contributed by atoms with van der Waals surface area (Å²) < 4.78 is 5.45. The molecular formula is C14H22N2O. The summed E-state index contributed by atoms with van der Waals surface area (Å²) >= 11 is 0. The Labute approximate surface area is 103 Å². The quantitative estimate of drug-likeness (QED) is 0.845. The summed E-state index contributed by atoms with van der Waals surface area (Å²) in [7, 11) is 1.72. The second-order valence-electron chi connectivity index (χ2n) is 5.00. The van der Waals surface area contributed by atoms with E-state index < -0.39 is 0 Å². The molecule has 17 heavy (non-hydrogen) atoms. The van der Waals surface area contributed by atoms with Gasteiger partial charge in [0.15, 0.2) is 0 Å². The van der Waals surface area contributed by atoms with E-state index in [0.29, 0.717) is 6.04 Å². The van der Waals surface area contributed by atoms with Crippen molar-refractivity contribution in [2.75, 3.05) is 12.4 Å². The van der Waals surface area contributed by atoms with Crippen LogP contribution in [0.5, 0.6) is 5.75 Å². The van der Waals surface area contributed by atoms with E-state index in [0.717, 1.165) is 24.3 Å². The molecule has 2 unspecified atom stereocenters. The van der Waals surface area contributed by atoms with Gasteiger partial charge >= 0.3 is 0 Å². The minimum Gasteiger partial charge on any atom is -0.495 e. The molecule has 0 aliphatic heterocycles. The van der Waals surface area contributed by atoms with Crippen LogP contribution in [-0.2, 0) is 0 Å². The van der Waals surface area contributed by atoms with Crippen LogP contribution in [-0.4, -0.2) is 19.2 Å². The maximum Gasteiger partial charge on any atom is 0.142 e. The fourth-order valence-corrected chi connectivity index (χ4v) is 2.63. The van der Waals surface area contributed by atoms with Crippen LogP contribution < -0.4 is 15.8 Å². The lowest BCUT2D eigenvalue weighted by Crippen LogP contribution is -2.35. The van der Waals surface area contributed by atoms with Crippen LogP contribution in [0.25, 0.3) is 0 Å². The van der Waals surface area contributed by atoms with Gasteiger partial charge in [0.1, 0.15) is 5.75 Å². The highest BCUT2D eigenvalue weighted by Gasteiger charge is 2.25. The number of nitrogens with two attached hydrogens (primary N) is 1. The normalized spacial score (nSPS) is 23.8. The average molecular weight is 234 g/mol. The third-order valence-corrected chi connectivity index (χ3v) is 3.56. The standard InChI is InChI=1S/C14H22N2O/c1-9-7-10(2)14(13(8-9)17-3)16-12-6-4-5-11(12)15/h7-8,11-12,16H,4-6,15H2,1-3H3. The summed E-state index contributed by atoms with van der Waals surface area (Å²) in [5, 5.41) is 3.56. The van der Waals surface area contributed by atoms with Crippen LogP contribution in [0.2, 0.25) is 0 Å². The molecular weight excluding hydrogens is 212 g/mol. The number of nitrogens with one attached hydrogen (secondary N) is 1. The van der Waals surface area contributed by atoms with Crippen molar-refractivity contribution in [2.24, 2.45) is 5.73 Å². The fraction of sp³-hybridized carbons (Fsp3) is 0.571. The zero-order chi connectivity index (χ0) is 12.4. The van der Waals surface area contributed by atoms with Gasteiger partial charge < -0.3 is 15.8 Å². The topological polar surface area (TPSA) is 47.3 Å². The lowest BCUT2D eigenvalue weighted by Gasteiger charge is -2.22. The molecule has 1 fully saturated rings. The Morgan fingerprint density at radius 1 is 1.29 bits per heavy atom. The second-order valence-corrected chi connectivity index (χ2v) is 5.00. The van der Waals surface area contributed by atoms with Crippen LogP contribution >= 0.6 is 0 Å². The Morgan fingerprint density at radius 3 is 2.65 bits per heavy atom. The Bertz CT molecular complexity index is 403. The SMILES string of the molecule is COc1cc(C)cc(C)c1NC1CCCC1N. The van der Waals surface area contributed by atoms with Crippen molar-refractivity contribution in [3.05, 3.63) is 23.3 Å². The molecule has 3 N–H and O–H groups in total. The fourth-order valence-electron chi connectivity index (χ4n) is 2.63. The number of ether oxygens (including phenoxy) is 1. The maximum absolute atomic E-state index is 6.10. The summed E-state index contributed by atoms with van der Waals surface area (Å²) in [6.07, 6.45) is 3.48. The molecule has 0 aromatic heterocycles. The van der Waals surface area contributed by atoms with Crippen molar-refractivity contribution < 1.29 is 4.74 Å². The van der Waals surface area contributed by atoms with Gasteiger partial charge in [-0.1, -0.05) is 6.07 Å². The van der Waals surface area contributed by atoms with Gasteiger partial charge in [-0.05, 0) is 50.3 Å². The minimum absolute atomic E-state index is 0.264. The van der Waals surface area contributed by atoms with Gasteiger partial charge in [-0.2, -0.15) is 0 Å². The first kappa shape index (κ1) is 12.2. The summed E-state index contributed by atoms with van der Waals surface area (Å²) in [6.45, 7) is 4.19. The second kappa shape index (κ2) is 4.96. The summed E-state index contributed by atoms with van der Waals surface area (Å²) in [5.41, 5.74) is 9.64. The van der Waals surface area contributed by atoms with E-state index in [4.69, 9.17) is 10.5 Å². The van der Waals surface area contributed by atoms with Crippen molar-refractivity contribution in [1.82, 2.24) is 0 Å². The van der Waals surface area contributed by atoms with Gasteiger partial charge in [-0.15, -0.1) is 0 Å². The van der Waals surface area contributed by atoms with E-state index in [-0.39, 0.29) is 6.04 Å². The van der Waals surface area contributed by atoms with Gasteiger partial charge in [0.2, 0.25) is 0 Å². The van der Waals surface area contributed by atoms with E-state index >= 15 is 0 Å². The molecule has 2 atom stereocenters. The summed E-state index contributed by atoms with van der Waals surface area (Å²) in [4.78, 5) is 0. The minimum atomic E-state index is 0.264. The molecule has 3 heteroatoms. The molecule has 1 aliphatic rings. The van der Waals surface area contributed by atoms with Gasteiger partial charge in [0.05, 0.1) is 12.8 Å². The first-order valence-corrected chi connectivity index (χ1v) is 6.29. The number of rotatable bonds is 3. The number of hydrogen-bond acceptors (Lipinski definition) is 3. The smallest absolute Gasteiger partial charge is 0.142 e. The van der Waals surface area contributed by atoms with Crippen molar-refractivity contribution in [3.8, 4) is 5.75 Å². The molecule has 0 saturated heterocycles. The lowest BCUT2D eigenvalue weighted by molar-refractivity contribution is 0.415. The van der Waals surface area contributed by atoms with Crippen molar-refractivity contribution >= 4 is 5.69 Å². The van der Waals surface area contributed by atoms with E-state index in [1.807, 2.05) is 0 Å². The summed E-state index contributed by atoms with van der Waals surface area (Å²) in [5.74, 6) is 0.918. The molecule has 0 bridgehead atoms. The molecule has 1 aliphatic carbocycles. The number of anilines is 1. The number of benzene rings is 1. The van der Waals surface area contributed by atoms with Gasteiger partial charge in [-0.3, -0.25) is 0 Å². The molecule has 1 aromatic rings. The number of methoxy groups -OCH3 is 1. The third-order valence-electron chi connectivity index (χ3n) is 3.56. The van der Waals surface area contributed by atoms with Crippen LogP contribution in [0.1, 0.15) is 30.4 Å². The highest BCUT2D eigenvalue weighted by atomic mass is 16.5. The molecule has 0 radical (unpaired) electrons. The highest BCUT2D eigenvalue weighted by Crippen LogP contribution is 2.32. The Hall–Kier alpha value is -1.22. The zero-order valence-corrected chi connectivity index (χ0v) is 10.9. The third kappa shape index (κ3) is 2.55. The molecule has 0 spiro atoms. The largest absolute Gasteiger partial charge is 0.495 e. The predicted octanol–water partition coefficient (Wildman–Crippen LogP) is 2.60. The van der Waals surface area contributed by atoms with Crippen molar-refractivity contribution in [3.63, 3.8) is 0 Å². The molecule has 1 saturated carbocycles. The zero-order valence-electron chi connectivity index (χ0n) is 10.9. The van der Waals surface area contributed by atoms with Gasteiger partial charge in [0.25, 0.3) is 0 Å². The predicted molar refractivity (Wildman–Crippen MR) is 71.7 cm³/mol. The molecule has 3 nitrogen and oxygen atoms in total. The Morgan fingerprint density at radius 2 is 2.06 bits per heavy atom. The van der Waals surface area contributed by atoms with E-state index in [1.165, 1.54) is 17.5 Å². The number of aryl methyl sites for hydroxylation is 2. The Kier molecular flexibility index (Phi) is 3.57. The Balaban J connectivity index is 2.25. The molecule has 1 aromatic carbocycles. The van der Waals surface area contributed by atoms with Crippen molar-refractivity contribution in [2.45, 2.75) is 45.2 Å². The maximum atomic E-state index is 6.10. The molecule has 2 rings (SSSR count). The average Bonchev–Trinajstić information content (AvgIpc) is 2.68. The summed E-state index contributed by atoms with van der Waals surface area (Å²) in [6, 6.07) is 4.88. The van der Waals surface area contributed by atoms with Gasteiger partial charge in [0, 0.05) is 12.1 Å². The van der Waals surface area contributed by atoms with Crippen LogP contribution in [0.4, 0.5) is 5.69 Å². The first-order valence-electron chi connectivity index (χ1n) is 6.29. The van der Waals surface area contributed by atoms with Crippen molar-refractivity contribution in [1.29, 1.82) is 0 Å². The number of hydrogen-bond donors (Lipinski definition) is 2. The van der Waals surface area contributed by atoms with Crippen LogP contribution in [0.15, 0.2) is 12.1 Å². The van der Waals surface area contributed by atoms with E-state index in [9.17, 15) is 0 Å². The van der Waals surface area contributed by atoms with Gasteiger partial charge in [-0.25, -0.2) is 0 Å². The first-order chi connectivity index (χ1) is 8.11. The van der Waals surface area contributed by atoms with Crippen LogP contribution in [0, 0.1) is 13.8 Å². The molecule has 0 heterocycles. The van der Waals surface area contributed by atoms with E-state index in [2.05, 4.69) is 31.3 Å². The molecule has 0 amide bonds. The lowest BCUT2D eigenvalue weighted by atomic mass is 10.1.